The van der Waals surface area contributed by atoms with Gasteiger partial charge in [-0.25, -0.2) is 9.59 Å². The topological polar surface area (TPSA) is 61.8 Å². The first kappa shape index (κ1) is 16.8. The van der Waals surface area contributed by atoms with E-state index < -0.39 is 17.5 Å². The third-order valence-electron chi connectivity index (χ3n) is 2.43. The summed E-state index contributed by atoms with van der Waals surface area (Å²) in [6.45, 7) is 5.18. The minimum absolute atomic E-state index is 0.166. The maximum atomic E-state index is 12.1. The van der Waals surface area contributed by atoms with Gasteiger partial charge in [0.05, 0.1) is 14.2 Å². The number of hydrogen-bond acceptors (Lipinski definition) is 5. The molecule has 1 aromatic carbocycles. The Kier molecular flexibility index (Phi) is 5.52. The molecule has 1 aromatic rings. The smallest absolute Gasteiger partial charge is 0.346 e. The Bertz CT molecular complexity index is 552. The first-order chi connectivity index (χ1) is 9.76. The Hall–Kier alpha value is -2.30. The molecule has 0 radical (unpaired) electrons. The molecule has 0 N–H and O–H groups in total. The van der Waals surface area contributed by atoms with Crippen molar-refractivity contribution >= 4 is 18.0 Å². The van der Waals surface area contributed by atoms with Gasteiger partial charge in [-0.3, -0.25) is 0 Å². The van der Waals surface area contributed by atoms with Crippen molar-refractivity contribution in [1.82, 2.24) is 0 Å². The number of benzene rings is 1. The molecule has 0 heterocycles. The summed E-state index contributed by atoms with van der Waals surface area (Å²) in [4.78, 5) is 23.9. The second-order valence-electron chi connectivity index (χ2n) is 5.33. The van der Waals surface area contributed by atoms with Crippen molar-refractivity contribution < 1.29 is 23.8 Å². The molecule has 0 aliphatic carbocycles. The predicted molar refractivity (Wildman–Crippen MR) is 78.8 cm³/mol. The van der Waals surface area contributed by atoms with Crippen LogP contribution in [0, 0.1) is 0 Å². The van der Waals surface area contributed by atoms with E-state index in [0.717, 1.165) is 0 Å². The highest BCUT2D eigenvalue weighted by atomic mass is 16.6. The van der Waals surface area contributed by atoms with Crippen LogP contribution in [0.3, 0.4) is 0 Å². The van der Waals surface area contributed by atoms with Gasteiger partial charge < -0.3 is 14.2 Å². The van der Waals surface area contributed by atoms with Crippen molar-refractivity contribution in [2.45, 2.75) is 26.4 Å². The number of hydrogen-bond donors (Lipinski definition) is 0. The summed E-state index contributed by atoms with van der Waals surface area (Å²) in [6, 6.07) is 6.97. The van der Waals surface area contributed by atoms with Crippen molar-refractivity contribution in [3.63, 3.8) is 0 Å². The molecule has 0 aromatic heterocycles. The van der Waals surface area contributed by atoms with Gasteiger partial charge in [-0.2, -0.15) is 0 Å². The summed E-state index contributed by atoms with van der Waals surface area (Å²) in [7, 11) is 2.75. The van der Waals surface area contributed by atoms with Gasteiger partial charge in [0, 0.05) is 0 Å². The fraction of sp³-hybridized carbons (Fsp3) is 0.375. The minimum Gasteiger partial charge on any atom is -0.497 e. The molecular formula is C16H20O5. The van der Waals surface area contributed by atoms with E-state index in [2.05, 4.69) is 4.74 Å². The molecule has 0 saturated heterocycles. The fourth-order valence-electron chi connectivity index (χ4n) is 1.54. The molecule has 0 saturated carbocycles. The summed E-state index contributed by atoms with van der Waals surface area (Å²) in [5, 5.41) is 0. The summed E-state index contributed by atoms with van der Waals surface area (Å²) in [6.07, 6.45) is 1.42. The van der Waals surface area contributed by atoms with E-state index in [4.69, 9.17) is 9.47 Å². The third kappa shape index (κ3) is 5.30. The van der Waals surface area contributed by atoms with E-state index in [1.807, 2.05) is 0 Å². The van der Waals surface area contributed by atoms with Crippen LogP contribution in [0.25, 0.3) is 6.08 Å². The van der Waals surface area contributed by atoms with Crippen LogP contribution in [0.2, 0.25) is 0 Å². The predicted octanol–water partition coefficient (Wildman–Crippen LogP) is 2.59. The van der Waals surface area contributed by atoms with Crippen LogP contribution in [-0.4, -0.2) is 31.8 Å². The number of carbonyl (C=O) groups excluding carboxylic acids is 2. The van der Waals surface area contributed by atoms with E-state index in [-0.39, 0.29) is 5.57 Å². The zero-order valence-electron chi connectivity index (χ0n) is 12.9. The molecule has 5 heteroatoms. The molecule has 0 bridgehead atoms. The number of esters is 2. The van der Waals surface area contributed by atoms with Crippen LogP contribution in [0.15, 0.2) is 29.8 Å². The van der Waals surface area contributed by atoms with E-state index in [1.165, 1.54) is 20.3 Å². The summed E-state index contributed by atoms with van der Waals surface area (Å²) in [5.74, 6) is -0.846. The molecule has 114 valence electrons. The molecule has 0 spiro atoms. The van der Waals surface area contributed by atoms with Gasteiger partial charge in [-0.1, -0.05) is 12.1 Å². The van der Waals surface area contributed by atoms with E-state index in [9.17, 15) is 9.59 Å². The number of carbonyl (C=O) groups is 2. The van der Waals surface area contributed by atoms with Crippen molar-refractivity contribution in [3.8, 4) is 5.75 Å². The lowest BCUT2D eigenvalue weighted by Crippen LogP contribution is -2.27. The van der Waals surface area contributed by atoms with Gasteiger partial charge in [-0.05, 0) is 44.5 Å². The van der Waals surface area contributed by atoms with Crippen LogP contribution in [0.1, 0.15) is 26.3 Å². The molecule has 0 unspecified atom stereocenters. The van der Waals surface area contributed by atoms with Crippen molar-refractivity contribution in [3.05, 3.63) is 35.4 Å². The second-order valence-corrected chi connectivity index (χ2v) is 5.33. The molecular weight excluding hydrogens is 272 g/mol. The van der Waals surface area contributed by atoms with Crippen molar-refractivity contribution in [1.29, 1.82) is 0 Å². The highest BCUT2D eigenvalue weighted by molar-refractivity contribution is 6.17. The van der Waals surface area contributed by atoms with Crippen LogP contribution in [-0.2, 0) is 19.1 Å². The average molecular weight is 292 g/mol. The molecule has 0 atom stereocenters. The Morgan fingerprint density at radius 2 is 1.76 bits per heavy atom. The monoisotopic (exact) mass is 292 g/mol. The molecule has 0 amide bonds. The van der Waals surface area contributed by atoms with Gasteiger partial charge in [0.1, 0.15) is 16.9 Å². The average Bonchev–Trinajstić information content (AvgIpc) is 2.42. The van der Waals surface area contributed by atoms with Gasteiger partial charge in [0.2, 0.25) is 0 Å². The van der Waals surface area contributed by atoms with Crippen LogP contribution in [0.4, 0.5) is 0 Å². The van der Waals surface area contributed by atoms with E-state index >= 15 is 0 Å². The lowest BCUT2D eigenvalue weighted by molar-refractivity contribution is -0.153. The standard InChI is InChI=1S/C16H20O5/c1-16(2,3)21-15(18)13(14(17)20-5)10-11-7-6-8-12(9-11)19-4/h6-10H,1-5H3. The molecule has 1 rings (SSSR count). The van der Waals surface area contributed by atoms with Crippen molar-refractivity contribution in [2.75, 3.05) is 14.2 Å². The Balaban J connectivity index is 3.15. The van der Waals surface area contributed by atoms with E-state index in [0.29, 0.717) is 11.3 Å². The molecule has 5 nitrogen and oxygen atoms in total. The minimum atomic E-state index is -0.743. The Morgan fingerprint density at radius 3 is 2.29 bits per heavy atom. The van der Waals surface area contributed by atoms with Crippen molar-refractivity contribution in [2.24, 2.45) is 0 Å². The maximum Gasteiger partial charge on any atom is 0.346 e. The lowest BCUT2D eigenvalue weighted by Gasteiger charge is -2.20. The SMILES string of the molecule is COC(=O)C(=Cc1cccc(OC)c1)C(=O)OC(C)(C)C. The van der Waals surface area contributed by atoms with Gasteiger partial charge in [0.15, 0.2) is 0 Å². The van der Waals surface area contributed by atoms with Crippen LogP contribution in [0.5, 0.6) is 5.75 Å². The highest BCUT2D eigenvalue weighted by Crippen LogP contribution is 2.18. The first-order valence-electron chi connectivity index (χ1n) is 6.44. The zero-order chi connectivity index (χ0) is 16.0. The summed E-state index contributed by atoms with van der Waals surface area (Å²) >= 11 is 0. The lowest BCUT2D eigenvalue weighted by atomic mass is 10.1. The quantitative estimate of drug-likeness (QED) is 0.369. The second kappa shape index (κ2) is 6.92. The zero-order valence-corrected chi connectivity index (χ0v) is 12.9. The maximum absolute atomic E-state index is 12.1. The fourth-order valence-corrected chi connectivity index (χ4v) is 1.54. The number of methoxy groups -OCH3 is 2. The Morgan fingerprint density at radius 1 is 1.10 bits per heavy atom. The van der Waals surface area contributed by atoms with E-state index in [1.54, 1.807) is 45.0 Å². The van der Waals surface area contributed by atoms with Crippen LogP contribution >= 0.6 is 0 Å². The summed E-state index contributed by atoms with van der Waals surface area (Å²) in [5.41, 5.74) is -0.222. The Labute approximate surface area is 124 Å². The van der Waals surface area contributed by atoms with Crippen LogP contribution < -0.4 is 4.74 Å². The number of rotatable bonds is 4. The van der Waals surface area contributed by atoms with Gasteiger partial charge in [-0.15, -0.1) is 0 Å². The largest absolute Gasteiger partial charge is 0.497 e. The summed E-state index contributed by atoms with van der Waals surface area (Å²) < 4.78 is 15.0. The molecule has 0 aliphatic heterocycles. The number of ether oxygens (including phenoxy) is 3. The molecule has 0 aliphatic rings. The van der Waals surface area contributed by atoms with Gasteiger partial charge >= 0.3 is 11.9 Å². The molecule has 0 fully saturated rings. The highest BCUT2D eigenvalue weighted by Gasteiger charge is 2.25. The normalized spacial score (nSPS) is 11.8. The van der Waals surface area contributed by atoms with Gasteiger partial charge in [0.25, 0.3) is 0 Å². The third-order valence-corrected chi connectivity index (χ3v) is 2.43. The molecule has 21 heavy (non-hydrogen) atoms. The first-order valence-corrected chi connectivity index (χ1v) is 6.44.